The second-order valence-corrected chi connectivity index (χ2v) is 11.0. The summed E-state index contributed by atoms with van der Waals surface area (Å²) in [6.07, 6.45) is 3.18. The van der Waals surface area contributed by atoms with Gasteiger partial charge in [0.25, 0.3) is 0 Å². The molecule has 0 bridgehead atoms. The molecule has 1 unspecified atom stereocenters. The first-order valence-electron chi connectivity index (χ1n) is 7.25. The zero-order valence-electron chi connectivity index (χ0n) is 12.9. The molecule has 0 heterocycles. The Morgan fingerprint density at radius 2 is 2.00 bits per heavy atom. The molecule has 5 nitrogen and oxygen atoms in total. The normalized spacial score (nSPS) is 27.7. The van der Waals surface area contributed by atoms with Crippen LogP contribution in [-0.4, -0.2) is 39.9 Å². The number of rotatable bonds is 5. The fraction of sp³-hybridized carbons (Fsp3) is 0.923. The van der Waals surface area contributed by atoms with Crippen molar-refractivity contribution in [2.24, 2.45) is 5.73 Å². The highest BCUT2D eigenvalue weighted by Crippen LogP contribution is 2.57. The summed E-state index contributed by atoms with van der Waals surface area (Å²) in [6, 6.07) is -0.443. The highest BCUT2D eigenvalue weighted by atomic mass is 32.5. The largest absolute Gasteiger partial charge is 0.352 e. The first kappa shape index (κ1) is 19.4. The lowest BCUT2D eigenvalue weighted by molar-refractivity contribution is -0.122. The summed E-state index contributed by atoms with van der Waals surface area (Å²) in [5, 5.41) is 2.53. The smallest absolute Gasteiger partial charge is 0.237 e. The molecule has 1 rings (SSSR count). The number of thiol groups is 1. The number of hydrogen-bond donors (Lipinski definition) is 4. The van der Waals surface area contributed by atoms with Crippen LogP contribution in [0.4, 0.5) is 0 Å². The molecule has 21 heavy (non-hydrogen) atoms. The quantitative estimate of drug-likeness (QED) is 0.447. The van der Waals surface area contributed by atoms with Gasteiger partial charge in [-0.25, -0.2) is 0 Å². The van der Waals surface area contributed by atoms with Gasteiger partial charge in [0.1, 0.15) is 0 Å². The van der Waals surface area contributed by atoms with Gasteiger partial charge in [-0.3, -0.25) is 4.79 Å². The van der Waals surface area contributed by atoms with Crippen molar-refractivity contribution in [3.8, 4) is 0 Å². The third-order valence-corrected chi connectivity index (χ3v) is 8.27. The van der Waals surface area contributed by atoms with Crippen molar-refractivity contribution in [2.75, 3.05) is 5.75 Å². The lowest BCUT2D eigenvalue weighted by atomic mass is 9.93. The Labute approximate surface area is 138 Å². The predicted octanol–water partition coefficient (Wildman–Crippen LogP) is 1.79. The molecule has 0 spiro atoms. The van der Waals surface area contributed by atoms with Crippen molar-refractivity contribution in [2.45, 2.75) is 69.8 Å². The third-order valence-electron chi connectivity index (χ3n) is 3.69. The predicted molar refractivity (Wildman–Crippen MR) is 93.4 cm³/mol. The second kappa shape index (κ2) is 7.75. The van der Waals surface area contributed by atoms with Gasteiger partial charge < -0.3 is 20.5 Å². The first-order chi connectivity index (χ1) is 9.56. The highest BCUT2D eigenvalue weighted by Gasteiger charge is 2.35. The molecule has 0 radical (unpaired) electrons. The zero-order chi connectivity index (χ0) is 16.3. The molecule has 1 saturated carbocycles. The van der Waals surface area contributed by atoms with Crippen molar-refractivity contribution in [3.63, 3.8) is 0 Å². The van der Waals surface area contributed by atoms with E-state index in [0.29, 0.717) is 5.75 Å². The summed E-state index contributed by atoms with van der Waals surface area (Å²) < 4.78 is 5.80. The van der Waals surface area contributed by atoms with Crippen LogP contribution in [0.3, 0.4) is 0 Å². The average molecular weight is 354 g/mol. The maximum atomic E-state index is 11.7. The molecule has 1 fully saturated rings. The molecular formula is C13H27N2O3PS2. The van der Waals surface area contributed by atoms with E-state index in [1.165, 1.54) is 0 Å². The molecule has 0 aromatic rings. The number of carbonyl (C=O) groups excluding carboxylic acids is 1. The Hall–Kier alpha value is 0.350. The van der Waals surface area contributed by atoms with Gasteiger partial charge in [-0.1, -0.05) is 20.8 Å². The van der Waals surface area contributed by atoms with Crippen LogP contribution < -0.4 is 11.1 Å². The second-order valence-electron chi connectivity index (χ2n) is 6.57. The highest BCUT2D eigenvalue weighted by molar-refractivity contribution is 8.10. The molecule has 0 aromatic heterocycles. The molecule has 1 amide bonds. The van der Waals surface area contributed by atoms with Crippen molar-refractivity contribution < 1.29 is 14.2 Å². The molecule has 0 aromatic carbocycles. The van der Waals surface area contributed by atoms with Crippen LogP contribution in [0.2, 0.25) is 0 Å². The van der Waals surface area contributed by atoms with Gasteiger partial charge in [-0.2, -0.15) is 12.6 Å². The Kier molecular flexibility index (Phi) is 7.16. The molecule has 0 aliphatic heterocycles. The van der Waals surface area contributed by atoms with E-state index >= 15 is 0 Å². The number of amides is 1. The number of hydrogen-bond acceptors (Lipinski definition) is 5. The van der Waals surface area contributed by atoms with Crippen molar-refractivity contribution in [3.05, 3.63) is 0 Å². The monoisotopic (exact) mass is 354 g/mol. The van der Waals surface area contributed by atoms with Crippen molar-refractivity contribution in [1.29, 1.82) is 0 Å². The SMILES string of the molecule is CC(C)(C)P(O)(=S)OC1CCC(NC(=O)[C@H](N)CS)CC1. The van der Waals surface area contributed by atoms with Crippen molar-refractivity contribution >= 4 is 36.8 Å². The minimum absolute atomic E-state index is 0.0215. The van der Waals surface area contributed by atoms with Crippen LogP contribution in [0.5, 0.6) is 0 Å². The van der Waals surface area contributed by atoms with Crippen LogP contribution in [0.15, 0.2) is 0 Å². The van der Waals surface area contributed by atoms with E-state index in [1.54, 1.807) is 0 Å². The molecule has 2 atom stereocenters. The van der Waals surface area contributed by atoms with E-state index in [0.717, 1.165) is 25.7 Å². The number of carbonyl (C=O) groups is 1. The molecule has 1 aliphatic rings. The summed E-state index contributed by atoms with van der Waals surface area (Å²) in [6.45, 7) is 2.91. The molecule has 8 heteroatoms. The van der Waals surface area contributed by atoms with E-state index in [9.17, 15) is 9.69 Å². The zero-order valence-corrected chi connectivity index (χ0v) is 15.5. The topological polar surface area (TPSA) is 84.6 Å². The Bertz CT molecular complexity index is 407. The van der Waals surface area contributed by atoms with Gasteiger partial charge in [-0.15, -0.1) is 0 Å². The molecule has 0 saturated heterocycles. The van der Waals surface area contributed by atoms with E-state index in [1.807, 2.05) is 20.8 Å². The number of nitrogens with one attached hydrogen (secondary N) is 1. The summed E-state index contributed by atoms with van der Waals surface area (Å²) in [5.41, 5.74) is 5.64. The molecule has 124 valence electrons. The first-order valence-corrected chi connectivity index (χ1v) is 10.6. The minimum atomic E-state index is -2.80. The van der Waals surface area contributed by atoms with Crippen LogP contribution in [0.25, 0.3) is 0 Å². The van der Waals surface area contributed by atoms with Gasteiger partial charge >= 0.3 is 0 Å². The van der Waals surface area contributed by atoms with E-state index in [4.69, 9.17) is 22.1 Å². The summed E-state index contributed by atoms with van der Waals surface area (Å²) >= 11 is 9.28. The van der Waals surface area contributed by atoms with Crippen LogP contribution in [0, 0.1) is 0 Å². The van der Waals surface area contributed by atoms with E-state index < -0.39 is 17.7 Å². The van der Waals surface area contributed by atoms with Crippen molar-refractivity contribution in [1.82, 2.24) is 5.32 Å². The Morgan fingerprint density at radius 1 is 1.48 bits per heavy atom. The summed E-state index contributed by atoms with van der Waals surface area (Å²) in [5.74, 6) is 0.180. The summed E-state index contributed by atoms with van der Waals surface area (Å²) in [4.78, 5) is 22.0. The van der Waals surface area contributed by atoms with Gasteiger partial charge in [-0.05, 0) is 37.5 Å². The minimum Gasteiger partial charge on any atom is -0.352 e. The Morgan fingerprint density at radius 3 is 2.43 bits per heavy atom. The lowest BCUT2D eigenvalue weighted by Gasteiger charge is -2.36. The lowest BCUT2D eigenvalue weighted by Crippen LogP contribution is -2.47. The van der Waals surface area contributed by atoms with E-state index in [-0.39, 0.29) is 18.1 Å². The third kappa shape index (κ3) is 5.81. The summed E-state index contributed by atoms with van der Waals surface area (Å²) in [7, 11) is 0. The fourth-order valence-electron chi connectivity index (χ4n) is 2.06. The van der Waals surface area contributed by atoms with Gasteiger partial charge in [0, 0.05) is 17.0 Å². The van der Waals surface area contributed by atoms with Gasteiger partial charge in [0.15, 0.2) is 6.49 Å². The molecule has 4 N–H and O–H groups in total. The number of nitrogens with two attached hydrogens (primary N) is 1. The average Bonchev–Trinajstić information content (AvgIpc) is 2.38. The fourth-order valence-corrected chi connectivity index (χ4v) is 3.53. The van der Waals surface area contributed by atoms with Gasteiger partial charge in [0.2, 0.25) is 5.91 Å². The molecular weight excluding hydrogens is 327 g/mol. The van der Waals surface area contributed by atoms with Crippen LogP contribution in [-0.2, 0) is 21.1 Å². The van der Waals surface area contributed by atoms with E-state index in [2.05, 4.69) is 17.9 Å². The van der Waals surface area contributed by atoms with Crippen LogP contribution >= 0.6 is 19.1 Å². The van der Waals surface area contributed by atoms with Gasteiger partial charge in [0.05, 0.1) is 12.1 Å². The maximum Gasteiger partial charge on any atom is 0.237 e. The van der Waals surface area contributed by atoms with Crippen LogP contribution in [0.1, 0.15) is 46.5 Å². The Balaban J connectivity index is 2.43. The maximum absolute atomic E-state index is 11.7. The standard InChI is InChI=1S/C13H27N2O3PS2/c1-13(2,3)19(17,21)18-10-6-4-9(5-7-10)15-12(16)11(14)8-20/h9-11,20H,4-8,14H2,1-3H3,(H,15,16)(H,17,21)/t9?,10?,11-,19?/m1/s1. The molecule has 1 aliphatic carbocycles.